The predicted molar refractivity (Wildman–Crippen MR) is 81.0 cm³/mol. The van der Waals surface area contributed by atoms with E-state index in [9.17, 15) is 0 Å². The van der Waals surface area contributed by atoms with Crippen molar-refractivity contribution in [3.8, 4) is 0 Å². The first-order chi connectivity index (χ1) is 8.49. The summed E-state index contributed by atoms with van der Waals surface area (Å²) >= 11 is 12.2. The van der Waals surface area contributed by atoms with Crippen LogP contribution in [0.3, 0.4) is 0 Å². The monoisotopic (exact) mass is 289 g/mol. The molecule has 0 aliphatic rings. The van der Waals surface area contributed by atoms with Crippen LogP contribution in [0, 0.1) is 5.92 Å². The molecule has 0 aliphatic heterocycles. The zero-order valence-corrected chi connectivity index (χ0v) is 12.9. The van der Waals surface area contributed by atoms with Gasteiger partial charge in [0, 0.05) is 12.6 Å². The molecule has 18 heavy (non-hydrogen) atoms. The van der Waals surface area contributed by atoms with Crippen molar-refractivity contribution in [2.45, 2.75) is 40.2 Å². The molecule has 0 saturated carbocycles. The molecular formula is C13H21Cl2N3. The molecular weight excluding hydrogens is 269 g/mol. The number of halogens is 2. The first-order valence-corrected chi connectivity index (χ1v) is 7.11. The second-order valence-electron chi connectivity index (χ2n) is 4.58. The fraction of sp³-hybridized carbons (Fsp3) is 0.615. The van der Waals surface area contributed by atoms with Crippen molar-refractivity contribution in [2.24, 2.45) is 5.92 Å². The van der Waals surface area contributed by atoms with Crippen molar-refractivity contribution < 1.29 is 0 Å². The Morgan fingerprint density at radius 1 is 1.17 bits per heavy atom. The molecule has 1 unspecified atom stereocenters. The highest BCUT2D eigenvalue weighted by atomic mass is 35.5. The number of anilines is 2. The zero-order chi connectivity index (χ0) is 13.7. The summed E-state index contributed by atoms with van der Waals surface area (Å²) in [5.41, 5.74) is 0. The van der Waals surface area contributed by atoms with Crippen LogP contribution in [-0.2, 0) is 0 Å². The normalized spacial score (nSPS) is 12.6. The summed E-state index contributed by atoms with van der Waals surface area (Å²) in [4.78, 5) is 4.45. The van der Waals surface area contributed by atoms with Crippen molar-refractivity contribution in [2.75, 3.05) is 17.2 Å². The number of hydrogen-bond donors (Lipinski definition) is 2. The van der Waals surface area contributed by atoms with Gasteiger partial charge in [-0.1, -0.05) is 44.0 Å². The van der Waals surface area contributed by atoms with Crippen LogP contribution in [0.25, 0.3) is 0 Å². The SMILES string of the molecule is CCNc1nc(NC(CC)C(C)C)c(Cl)cc1Cl. The Morgan fingerprint density at radius 3 is 2.28 bits per heavy atom. The first-order valence-electron chi connectivity index (χ1n) is 6.36. The summed E-state index contributed by atoms with van der Waals surface area (Å²) < 4.78 is 0. The van der Waals surface area contributed by atoms with Gasteiger partial charge in [0.2, 0.25) is 0 Å². The van der Waals surface area contributed by atoms with Crippen LogP contribution in [0.2, 0.25) is 10.0 Å². The highest BCUT2D eigenvalue weighted by molar-refractivity contribution is 6.37. The Morgan fingerprint density at radius 2 is 1.78 bits per heavy atom. The van der Waals surface area contributed by atoms with E-state index in [-0.39, 0.29) is 0 Å². The lowest BCUT2D eigenvalue weighted by molar-refractivity contribution is 0.510. The highest BCUT2D eigenvalue weighted by Crippen LogP contribution is 2.30. The van der Waals surface area contributed by atoms with Gasteiger partial charge < -0.3 is 10.6 Å². The van der Waals surface area contributed by atoms with Gasteiger partial charge in [0.1, 0.15) is 11.6 Å². The molecule has 0 spiro atoms. The highest BCUT2D eigenvalue weighted by Gasteiger charge is 2.15. The van der Waals surface area contributed by atoms with E-state index < -0.39 is 0 Å². The quantitative estimate of drug-likeness (QED) is 0.799. The van der Waals surface area contributed by atoms with Crippen LogP contribution in [0.5, 0.6) is 0 Å². The maximum atomic E-state index is 6.17. The third-order valence-electron chi connectivity index (χ3n) is 2.84. The van der Waals surface area contributed by atoms with E-state index in [1.54, 1.807) is 6.07 Å². The van der Waals surface area contributed by atoms with E-state index in [1.807, 2.05) is 6.92 Å². The van der Waals surface area contributed by atoms with E-state index in [1.165, 1.54) is 0 Å². The average Bonchev–Trinajstić information content (AvgIpc) is 2.30. The Labute approximate surface area is 119 Å². The van der Waals surface area contributed by atoms with Gasteiger partial charge in [-0.25, -0.2) is 4.98 Å². The van der Waals surface area contributed by atoms with E-state index >= 15 is 0 Å². The molecule has 3 nitrogen and oxygen atoms in total. The van der Waals surface area contributed by atoms with Gasteiger partial charge in [-0.2, -0.15) is 0 Å². The summed E-state index contributed by atoms with van der Waals surface area (Å²) in [5, 5.41) is 7.61. The fourth-order valence-electron chi connectivity index (χ4n) is 1.77. The summed E-state index contributed by atoms with van der Waals surface area (Å²) in [6, 6.07) is 2.08. The molecule has 0 amide bonds. The second-order valence-corrected chi connectivity index (χ2v) is 5.40. The van der Waals surface area contributed by atoms with Gasteiger partial charge in [-0.3, -0.25) is 0 Å². The lowest BCUT2D eigenvalue weighted by Crippen LogP contribution is -2.25. The van der Waals surface area contributed by atoms with Crippen LogP contribution >= 0.6 is 23.2 Å². The molecule has 2 N–H and O–H groups in total. The smallest absolute Gasteiger partial charge is 0.147 e. The first kappa shape index (κ1) is 15.4. The Hall–Kier alpha value is -0.670. The van der Waals surface area contributed by atoms with Crippen LogP contribution in [-0.4, -0.2) is 17.6 Å². The van der Waals surface area contributed by atoms with Gasteiger partial charge >= 0.3 is 0 Å². The minimum absolute atomic E-state index is 0.352. The molecule has 1 rings (SSSR count). The van der Waals surface area contributed by atoms with E-state index in [0.29, 0.717) is 33.6 Å². The van der Waals surface area contributed by atoms with Crippen molar-refractivity contribution >= 4 is 34.8 Å². The van der Waals surface area contributed by atoms with Gasteiger partial charge in [-0.15, -0.1) is 0 Å². The van der Waals surface area contributed by atoms with Crippen molar-refractivity contribution in [3.05, 3.63) is 16.1 Å². The lowest BCUT2D eigenvalue weighted by Gasteiger charge is -2.22. The third-order valence-corrected chi connectivity index (χ3v) is 3.42. The molecule has 0 bridgehead atoms. The molecule has 0 aliphatic carbocycles. The molecule has 0 radical (unpaired) electrons. The summed E-state index contributed by atoms with van der Waals surface area (Å²) in [6.45, 7) is 9.27. The molecule has 1 heterocycles. The summed E-state index contributed by atoms with van der Waals surface area (Å²) in [6.07, 6.45) is 1.02. The third kappa shape index (κ3) is 3.92. The predicted octanol–water partition coefficient (Wildman–Crippen LogP) is 4.67. The van der Waals surface area contributed by atoms with Crippen LogP contribution < -0.4 is 10.6 Å². The Bertz CT molecular complexity index is 394. The topological polar surface area (TPSA) is 37.0 Å². The van der Waals surface area contributed by atoms with E-state index in [4.69, 9.17) is 23.2 Å². The van der Waals surface area contributed by atoms with Crippen LogP contribution in [0.1, 0.15) is 34.1 Å². The van der Waals surface area contributed by atoms with Gasteiger partial charge in [0.15, 0.2) is 0 Å². The van der Waals surface area contributed by atoms with Gasteiger partial charge in [0.25, 0.3) is 0 Å². The molecule has 1 aromatic heterocycles. The van der Waals surface area contributed by atoms with Crippen molar-refractivity contribution in [3.63, 3.8) is 0 Å². The van der Waals surface area contributed by atoms with Crippen LogP contribution in [0.15, 0.2) is 6.07 Å². The van der Waals surface area contributed by atoms with Crippen molar-refractivity contribution in [1.82, 2.24) is 4.98 Å². The molecule has 0 saturated heterocycles. The molecule has 5 heteroatoms. The molecule has 1 atom stereocenters. The van der Waals surface area contributed by atoms with Crippen molar-refractivity contribution in [1.29, 1.82) is 0 Å². The van der Waals surface area contributed by atoms with Gasteiger partial charge in [0.05, 0.1) is 10.0 Å². The maximum Gasteiger partial charge on any atom is 0.147 e. The van der Waals surface area contributed by atoms with E-state index in [2.05, 4.69) is 36.4 Å². The van der Waals surface area contributed by atoms with Gasteiger partial charge in [-0.05, 0) is 25.3 Å². The van der Waals surface area contributed by atoms with E-state index in [0.717, 1.165) is 13.0 Å². The zero-order valence-electron chi connectivity index (χ0n) is 11.3. The second kappa shape index (κ2) is 7.05. The minimum Gasteiger partial charge on any atom is -0.369 e. The summed E-state index contributed by atoms with van der Waals surface area (Å²) in [5.74, 6) is 1.88. The number of nitrogens with zero attached hydrogens (tertiary/aromatic N) is 1. The Balaban J connectivity index is 2.97. The number of aromatic nitrogens is 1. The number of rotatable bonds is 6. The number of nitrogens with one attached hydrogen (secondary N) is 2. The minimum atomic E-state index is 0.352. The Kier molecular flexibility index (Phi) is 6.03. The van der Waals surface area contributed by atoms with Crippen LogP contribution in [0.4, 0.5) is 11.6 Å². The fourth-order valence-corrected chi connectivity index (χ4v) is 2.25. The molecule has 1 aromatic rings. The lowest BCUT2D eigenvalue weighted by atomic mass is 10.0. The summed E-state index contributed by atoms with van der Waals surface area (Å²) in [7, 11) is 0. The standard InChI is InChI=1S/C13H21Cl2N3/c1-5-11(8(3)4)17-13-10(15)7-9(14)12(18-13)16-6-2/h7-8,11H,5-6H2,1-4H3,(H2,16,17,18). The number of pyridine rings is 1. The maximum absolute atomic E-state index is 6.17. The average molecular weight is 290 g/mol. The molecule has 0 fully saturated rings. The number of hydrogen-bond acceptors (Lipinski definition) is 3. The molecule has 0 aromatic carbocycles. The largest absolute Gasteiger partial charge is 0.369 e. The molecule has 102 valence electrons.